The molecule has 0 atom stereocenters. The van der Waals surface area contributed by atoms with Crippen molar-refractivity contribution in [1.82, 2.24) is 0 Å². The Morgan fingerprint density at radius 3 is 1.73 bits per heavy atom. The molecule has 0 radical (unpaired) electrons. The number of para-hydroxylation sites is 2. The van der Waals surface area contributed by atoms with Crippen LogP contribution >= 0.6 is 0 Å². The number of rotatable bonds is 6. The highest BCUT2D eigenvalue weighted by atomic mass is 16.5. The van der Waals surface area contributed by atoms with Crippen LogP contribution in [0.25, 0.3) is 10.8 Å². The summed E-state index contributed by atoms with van der Waals surface area (Å²) in [6, 6.07) is 20.4. The number of benzene rings is 4. The first-order valence-corrected chi connectivity index (χ1v) is 11.1. The van der Waals surface area contributed by atoms with Gasteiger partial charge >= 0.3 is 11.9 Å². The molecule has 9 nitrogen and oxygen atoms in total. The van der Waals surface area contributed by atoms with Gasteiger partial charge in [-0.15, -0.1) is 0 Å². The average molecular weight is 498 g/mol. The lowest BCUT2D eigenvalue weighted by Gasteiger charge is -2.12. The number of aromatic hydroxyl groups is 1. The fourth-order valence-electron chi connectivity index (χ4n) is 3.75. The van der Waals surface area contributed by atoms with Crippen molar-refractivity contribution in [3.05, 3.63) is 101 Å². The molecule has 4 aromatic carbocycles. The van der Waals surface area contributed by atoms with Crippen molar-refractivity contribution >= 4 is 45.9 Å². The lowest BCUT2D eigenvalue weighted by molar-refractivity contribution is 0.0592. The molecule has 0 unspecified atom stereocenters. The van der Waals surface area contributed by atoms with Crippen molar-refractivity contribution in [2.75, 3.05) is 24.9 Å². The lowest BCUT2D eigenvalue weighted by atomic mass is 10.0. The van der Waals surface area contributed by atoms with Crippen LogP contribution in [-0.2, 0) is 9.47 Å². The fraction of sp³-hybridized carbons (Fsp3) is 0.0714. The smallest absolute Gasteiger partial charge is 0.339 e. The maximum absolute atomic E-state index is 13.0. The van der Waals surface area contributed by atoms with E-state index in [0.717, 1.165) is 0 Å². The van der Waals surface area contributed by atoms with Crippen molar-refractivity contribution in [1.29, 1.82) is 0 Å². The predicted molar refractivity (Wildman–Crippen MR) is 137 cm³/mol. The highest BCUT2D eigenvalue weighted by Gasteiger charge is 2.19. The summed E-state index contributed by atoms with van der Waals surface area (Å²) in [5.41, 5.74) is 1.08. The Bertz CT molecular complexity index is 1550. The second kappa shape index (κ2) is 10.6. The van der Waals surface area contributed by atoms with Crippen LogP contribution in [0.3, 0.4) is 0 Å². The number of carbonyl (C=O) groups is 4. The minimum absolute atomic E-state index is 0.0548. The molecule has 4 rings (SSSR count). The van der Waals surface area contributed by atoms with E-state index in [-0.39, 0.29) is 39.4 Å². The molecule has 0 aliphatic rings. The number of nitrogens with one attached hydrogen (secondary N) is 2. The third kappa shape index (κ3) is 5.25. The minimum Gasteiger partial charge on any atom is -0.507 e. The van der Waals surface area contributed by atoms with Crippen LogP contribution in [0.2, 0.25) is 0 Å². The summed E-state index contributed by atoms with van der Waals surface area (Å²) >= 11 is 0. The molecule has 0 aliphatic heterocycles. The van der Waals surface area contributed by atoms with Gasteiger partial charge in [0.1, 0.15) is 5.75 Å². The summed E-state index contributed by atoms with van der Waals surface area (Å²) in [4.78, 5) is 49.9. The summed E-state index contributed by atoms with van der Waals surface area (Å²) in [6.45, 7) is 0. The van der Waals surface area contributed by atoms with Crippen molar-refractivity contribution in [2.24, 2.45) is 0 Å². The molecule has 4 aromatic rings. The van der Waals surface area contributed by atoms with Crippen molar-refractivity contribution in [2.45, 2.75) is 0 Å². The normalized spacial score (nSPS) is 10.4. The Morgan fingerprint density at radius 1 is 0.622 bits per heavy atom. The molecule has 0 heterocycles. The highest BCUT2D eigenvalue weighted by molar-refractivity contribution is 6.12. The van der Waals surface area contributed by atoms with Crippen LogP contribution in [0.1, 0.15) is 41.4 Å². The SMILES string of the molecule is COC(=O)c1ccccc1NC(=O)c1ccc2cc(O)c(C(=O)Nc3ccccc3C(=O)OC)cc2c1. The fourth-order valence-corrected chi connectivity index (χ4v) is 3.75. The van der Waals surface area contributed by atoms with E-state index in [1.807, 2.05) is 0 Å². The van der Waals surface area contributed by atoms with E-state index in [4.69, 9.17) is 9.47 Å². The van der Waals surface area contributed by atoms with E-state index in [0.29, 0.717) is 10.8 Å². The number of phenolic OH excluding ortho intramolecular Hbond substituents is 1. The molecule has 3 N–H and O–H groups in total. The Labute approximate surface area is 211 Å². The molecule has 9 heteroatoms. The molecule has 186 valence electrons. The van der Waals surface area contributed by atoms with Crippen LogP contribution in [0.15, 0.2) is 78.9 Å². The lowest BCUT2D eigenvalue weighted by Crippen LogP contribution is -2.16. The van der Waals surface area contributed by atoms with Gasteiger partial charge < -0.3 is 25.2 Å². The summed E-state index contributed by atoms with van der Waals surface area (Å²) < 4.78 is 9.51. The Kier molecular flexibility index (Phi) is 7.15. The number of amides is 2. The van der Waals surface area contributed by atoms with Gasteiger partial charge in [-0.1, -0.05) is 30.3 Å². The van der Waals surface area contributed by atoms with E-state index in [2.05, 4.69) is 10.6 Å². The summed E-state index contributed by atoms with van der Waals surface area (Å²) in [5.74, 6) is -2.62. The quantitative estimate of drug-likeness (QED) is 0.331. The monoisotopic (exact) mass is 498 g/mol. The van der Waals surface area contributed by atoms with E-state index in [1.165, 1.54) is 44.6 Å². The Balaban J connectivity index is 1.63. The van der Waals surface area contributed by atoms with Crippen LogP contribution in [0, 0.1) is 0 Å². The van der Waals surface area contributed by atoms with Crippen molar-refractivity contribution in [3.63, 3.8) is 0 Å². The van der Waals surface area contributed by atoms with Crippen molar-refractivity contribution < 1.29 is 33.8 Å². The van der Waals surface area contributed by atoms with Gasteiger partial charge in [-0.05, 0) is 59.3 Å². The van der Waals surface area contributed by atoms with Crippen LogP contribution in [0.4, 0.5) is 11.4 Å². The second-order valence-corrected chi connectivity index (χ2v) is 7.91. The summed E-state index contributed by atoms with van der Waals surface area (Å²) in [6.07, 6.45) is 0. The number of hydrogen-bond acceptors (Lipinski definition) is 7. The Hall–Kier alpha value is -5.18. The first-order chi connectivity index (χ1) is 17.8. The molecule has 0 fully saturated rings. The number of fused-ring (bicyclic) bond motifs is 1. The van der Waals surface area contributed by atoms with Crippen LogP contribution < -0.4 is 10.6 Å². The molecule has 0 aromatic heterocycles. The average Bonchev–Trinajstić information content (AvgIpc) is 2.92. The van der Waals surface area contributed by atoms with E-state index in [1.54, 1.807) is 48.5 Å². The molecular weight excluding hydrogens is 476 g/mol. The zero-order valence-corrected chi connectivity index (χ0v) is 19.9. The van der Waals surface area contributed by atoms with Crippen molar-refractivity contribution in [3.8, 4) is 5.75 Å². The zero-order chi connectivity index (χ0) is 26.5. The number of hydrogen-bond donors (Lipinski definition) is 3. The number of phenols is 1. The number of anilines is 2. The van der Waals surface area contributed by atoms with Crippen LogP contribution in [-0.4, -0.2) is 43.1 Å². The number of carbonyl (C=O) groups excluding carboxylic acids is 4. The third-order valence-electron chi connectivity index (χ3n) is 5.62. The topological polar surface area (TPSA) is 131 Å². The van der Waals surface area contributed by atoms with E-state index in [9.17, 15) is 24.3 Å². The maximum atomic E-state index is 13.0. The molecule has 0 saturated carbocycles. The van der Waals surface area contributed by atoms with Gasteiger partial charge in [0.15, 0.2) is 0 Å². The molecule has 0 saturated heterocycles. The van der Waals surface area contributed by atoms with Gasteiger partial charge in [0.25, 0.3) is 11.8 Å². The highest BCUT2D eigenvalue weighted by Crippen LogP contribution is 2.28. The minimum atomic E-state index is -0.655. The standard InChI is InChI=1S/C28H22N2O7/c1-36-27(34)19-7-3-5-9-22(19)29-25(32)17-12-11-16-15-24(31)21(14-18(16)13-17)26(33)30-23-10-6-4-8-20(23)28(35)37-2/h3-15,31H,1-2H3,(H,29,32)(H,30,33). The summed E-state index contributed by atoms with van der Waals surface area (Å²) in [5, 5.41) is 16.9. The predicted octanol–water partition coefficient (Wildman–Crippen LogP) is 4.62. The van der Waals surface area contributed by atoms with E-state index >= 15 is 0 Å². The molecule has 0 bridgehead atoms. The molecular formula is C28H22N2O7. The molecule has 0 spiro atoms. The Morgan fingerprint density at radius 2 is 1.16 bits per heavy atom. The third-order valence-corrected chi connectivity index (χ3v) is 5.62. The second-order valence-electron chi connectivity index (χ2n) is 7.91. The van der Waals surface area contributed by atoms with E-state index < -0.39 is 23.8 Å². The van der Waals surface area contributed by atoms with Crippen LogP contribution in [0.5, 0.6) is 5.75 Å². The molecule has 37 heavy (non-hydrogen) atoms. The number of esters is 2. The van der Waals surface area contributed by atoms with Gasteiger partial charge in [0, 0.05) is 5.56 Å². The molecule has 2 amide bonds. The largest absolute Gasteiger partial charge is 0.507 e. The van der Waals surface area contributed by atoms with Gasteiger partial charge in [0.2, 0.25) is 0 Å². The number of methoxy groups -OCH3 is 2. The molecule has 0 aliphatic carbocycles. The van der Waals surface area contributed by atoms with Gasteiger partial charge in [0.05, 0.1) is 42.3 Å². The first kappa shape index (κ1) is 24.9. The van der Waals surface area contributed by atoms with Gasteiger partial charge in [-0.25, -0.2) is 9.59 Å². The zero-order valence-electron chi connectivity index (χ0n) is 19.9. The summed E-state index contributed by atoms with van der Waals surface area (Å²) in [7, 11) is 2.49. The maximum Gasteiger partial charge on any atom is 0.339 e. The first-order valence-electron chi connectivity index (χ1n) is 11.1. The van der Waals surface area contributed by atoms with Gasteiger partial charge in [-0.3, -0.25) is 9.59 Å². The van der Waals surface area contributed by atoms with Gasteiger partial charge in [-0.2, -0.15) is 0 Å². The number of ether oxygens (including phenoxy) is 2.